The van der Waals surface area contributed by atoms with Gasteiger partial charge in [-0.25, -0.2) is 0 Å². The van der Waals surface area contributed by atoms with Gasteiger partial charge in [0, 0.05) is 6.04 Å². The molecule has 0 atom stereocenters. The van der Waals surface area contributed by atoms with E-state index in [1.807, 2.05) is 31.2 Å². The maximum atomic E-state index is 12.1. The Morgan fingerprint density at radius 3 is 2.74 bits per heavy atom. The zero-order valence-electron chi connectivity index (χ0n) is 15.5. The molecule has 0 aromatic heterocycles. The van der Waals surface area contributed by atoms with Crippen molar-refractivity contribution < 1.29 is 14.3 Å². The van der Waals surface area contributed by atoms with Crippen molar-refractivity contribution in [2.24, 2.45) is 0 Å². The molecular weight excluding hydrogens is 340 g/mol. The maximum absolute atomic E-state index is 12.1. The van der Waals surface area contributed by atoms with Crippen LogP contribution in [0.4, 0.5) is 0 Å². The van der Waals surface area contributed by atoms with Crippen LogP contribution in [0.3, 0.4) is 0 Å². The molecule has 3 rings (SSSR count). The lowest BCUT2D eigenvalue weighted by Gasteiger charge is -2.12. The van der Waals surface area contributed by atoms with E-state index in [1.165, 1.54) is 5.56 Å². The second-order valence-corrected chi connectivity index (χ2v) is 6.61. The maximum Gasteiger partial charge on any atom is 0.262 e. The fourth-order valence-corrected chi connectivity index (χ4v) is 2.66. The fraction of sp³-hybridized carbons (Fsp3) is 0.273. The summed E-state index contributed by atoms with van der Waals surface area (Å²) < 4.78 is 11.3. The van der Waals surface area contributed by atoms with Crippen LogP contribution in [0, 0.1) is 18.3 Å². The van der Waals surface area contributed by atoms with E-state index in [4.69, 9.17) is 9.47 Å². The number of benzene rings is 2. The number of aryl methyl sites for hydroxylation is 1. The lowest BCUT2D eigenvalue weighted by Crippen LogP contribution is -2.26. The quantitative estimate of drug-likeness (QED) is 0.601. The summed E-state index contributed by atoms with van der Waals surface area (Å²) in [5.41, 5.74) is 3.04. The van der Waals surface area contributed by atoms with Crippen LogP contribution in [-0.2, 0) is 11.4 Å². The highest BCUT2D eigenvalue weighted by Crippen LogP contribution is 2.30. The Bertz CT molecular complexity index is 908. The molecule has 27 heavy (non-hydrogen) atoms. The average molecular weight is 362 g/mol. The van der Waals surface area contributed by atoms with Crippen molar-refractivity contribution in [3.8, 4) is 17.6 Å². The molecule has 1 fully saturated rings. The number of nitrogens with zero attached hydrogens (tertiary/aromatic N) is 1. The number of ether oxygens (including phenoxy) is 2. The third-order valence-corrected chi connectivity index (χ3v) is 4.25. The highest BCUT2D eigenvalue weighted by molar-refractivity contribution is 6.02. The van der Waals surface area contributed by atoms with Gasteiger partial charge in [0.25, 0.3) is 5.91 Å². The normalized spacial score (nSPS) is 13.6. The molecule has 2 aromatic carbocycles. The van der Waals surface area contributed by atoms with Gasteiger partial charge in [-0.15, -0.1) is 0 Å². The lowest BCUT2D eigenvalue weighted by molar-refractivity contribution is -0.117. The summed E-state index contributed by atoms with van der Waals surface area (Å²) in [5.74, 6) is 0.826. The van der Waals surface area contributed by atoms with Crippen molar-refractivity contribution in [3.63, 3.8) is 0 Å². The van der Waals surface area contributed by atoms with Gasteiger partial charge in [0.2, 0.25) is 0 Å². The number of carbonyl (C=O) groups is 1. The molecule has 0 heterocycles. The van der Waals surface area contributed by atoms with Crippen molar-refractivity contribution in [1.29, 1.82) is 5.26 Å². The van der Waals surface area contributed by atoms with Crippen molar-refractivity contribution in [3.05, 3.63) is 64.7 Å². The van der Waals surface area contributed by atoms with Gasteiger partial charge >= 0.3 is 0 Å². The van der Waals surface area contributed by atoms with Gasteiger partial charge in [0.15, 0.2) is 11.5 Å². The van der Waals surface area contributed by atoms with Crippen LogP contribution < -0.4 is 14.8 Å². The Hall–Kier alpha value is -3.26. The second-order valence-electron chi connectivity index (χ2n) is 6.61. The number of amides is 1. The van der Waals surface area contributed by atoms with Crippen LogP contribution in [0.1, 0.15) is 29.5 Å². The third-order valence-electron chi connectivity index (χ3n) is 4.25. The van der Waals surface area contributed by atoms with Gasteiger partial charge < -0.3 is 14.8 Å². The zero-order chi connectivity index (χ0) is 19.2. The van der Waals surface area contributed by atoms with Crippen LogP contribution in [0.2, 0.25) is 0 Å². The van der Waals surface area contributed by atoms with Gasteiger partial charge in [0.1, 0.15) is 18.2 Å². The SMILES string of the molecule is COc1cc(/C=C(\C#N)C(=O)NC2CC2)ccc1OCc1cccc(C)c1. The highest BCUT2D eigenvalue weighted by Gasteiger charge is 2.24. The minimum Gasteiger partial charge on any atom is -0.493 e. The third kappa shape index (κ3) is 5.11. The van der Waals surface area contributed by atoms with E-state index in [0.717, 1.165) is 18.4 Å². The molecule has 138 valence electrons. The van der Waals surface area contributed by atoms with Gasteiger partial charge in [0.05, 0.1) is 7.11 Å². The number of hydrogen-bond acceptors (Lipinski definition) is 4. The lowest BCUT2D eigenvalue weighted by atomic mass is 10.1. The first-order chi connectivity index (χ1) is 13.1. The van der Waals surface area contributed by atoms with E-state index < -0.39 is 0 Å². The van der Waals surface area contributed by atoms with Gasteiger partial charge in [-0.3, -0.25) is 4.79 Å². The molecule has 5 nitrogen and oxygen atoms in total. The standard InChI is InChI=1S/C22H22N2O3/c1-15-4-3-5-17(10-15)14-27-20-9-6-16(12-21(20)26-2)11-18(13-23)22(25)24-19-7-8-19/h3-6,9-12,19H,7-8,14H2,1-2H3,(H,24,25)/b18-11+. The monoisotopic (exact) mass is 362 g/mol. The molecule has 0 saturated heterocycles. The first-order valence-electron chi connectivity index (χ1n) is 8.88. The Labute approximate surface area is 159 Å². The molecule has 1 N–H and O–H groups in total. The van der Waals surface area contributed by atoms with Crippen molar-refractivity contribution >= 4 is 12.0 Å². The predicted octanol–water partition coefficient (Wildman–Crippen LogP) is 3.77. The van der Waals surface area contributed by atoms with Crippen molar-refractivity contribution in [1.82, 2.24) is 5.32 Å². The Kier molecular flexibility index (Phi) is 5.77. The summed E-state index contributed by atoms with van der Waals surface area (Å²) in [6.45, 7) is 2.47. The molecule has 1 aliphatic carbocycles. The number of methoxy groups -OCH3 is 1. The second kappa shape index (κ2) is 8.41. The van der Waals surface area contributed by atoms with E-state index in [0.29, 0.717) is 23.7 Å². The van der Waals surface area contributed by atoms with E-state index in [-0.39, 0.29) is 17.5 Å². The summed E-state index contributed by atoms with van der Waals surface area (Å²) in [6.07, 6.45) is 3.51. The molecule has 0 radical (unpaired) electrons. The molecule has 0 unspecified atom stereocenters. The summed E-state index contributed by atoms with van der Waals surface area (Å²) in [4.78, 5) is 12.1. The summed E-state index contributed by atoms with van der Waals surface area (Å²) in [6, 6.07) is 15.6. The number of nitriles is 1. The van der Waals surface area contributed by atoms with Gasteiger partial charge in [-0.05, 0) is 49.1 Å². The molecular formula is C22H22N2O3. The van der Waals surface area contributed by atoms with Crippen molar-refractivity contribution in [2.75, 3.05) is 7.11 Å². The van der Waals surface area contributed by atoms with E-state index in [2.05, 4.69) is 11.4 Å². The van der Waals surface area contributed by atoms with E-state index in [9.17, 15) is 10.1 Å². The smallest absolute Gasteiger partial charge is 0.262 e. The highest BCUT2D eigenvalue weighted by atomic mass is 16.5. The first kappa shape index (κ1) is 18.5. The summed E-state index contributed by atoms with van der Waals surface area (Å²) in [7, 11) is 1.56. The van der Waals surface area contributed by atoms with Gasteiger partial charge in [-0.1, -0.05) is 35.9 Å². The molecule has 0 spiro atoms. The number of nitrogens with one attached hydrogen (secondary N) is 1. The molecule has 5 heteroatoms. The number of rotatable bonds is 7. The predicted molar refractivity (Wildman–Crippen MR) is 103 cm³/mol. The minimum absolute atomic E-state index is 0.0809. The minimum atomic E-state index is -0.334. The van der Waals surface area contributed by atoms with Crippen LogP contribution >= 0.6 is 0 Å². The first-order valence-corrected chi connectivity index (χ1v) is 8.88. The van der Waals surface area contributed by atoms with Crippen LogP contribution in [-0.4, -0.2) is 19.1 Å². The molecule has 1 saturated carbocycles. The Morgan fingerprint density at radius 2 is 2.07 bits per heavy atom. The number of hydrogen-bond donors (Lipinski definition) is 1. The van der Waals surface area contributed by atoms with Crippen LogP contribution in [0.15, 0.2) is 48.0 Å². The van der Waals surface area contributed by atoms with Crippen LogP contribution in [0.25, 0.3) is 6.08 Å². The van der Waals surface area contributed by atoms with E-state index in [1.54, 1.807) is 31.4 Å². The molecule has 1 aliphatic rings. The van der Waals surface area contributed by atoms with Crippen molar-refractivity contribution in [2.45, 2.75) is 32.4 Å². The average Bonchev–Trinajstić information content (AvgIpc) is 3.48. The topological polar surface area (TPSA) is 71.3 Å². The number of carbonyl (C=O) groups excluding carboxylic acids is 1. The zero-order valence-corrected chi connectivity index (χ0v) is 15.5. The van der Waals surface area contributed by atoms with E-state index >= 15 is 0 Å². The molecule has 0 bridgehead atoms. The van der Waals surface area contributed by atoms with Crippen LogP contribution in [0.5, 0.6) is 11.5 Å². The molecule has 0 aliphatic heterocycles. The largest absolute Gasteiger partial charge is 0.493 e. The van der Waals surface area contributed by atoms with Gasteiger partial charge in [-0.2, -0.15) is 5.26 Å². The molecule has 2 aromatic rings. The Morgan fingerprint density at radius 1 is 1.26 bits per heavy atom. The summed E-state index contributed by atoms with van der Waals surface area (Å²) >= 11 is 0. The summed E-state index contributed by atoms with van der Waals surface area (Å²) in [5, 5.41) is 12.1. The Balaban J connectivity index is 1.73. The fourth-order valence-electron chi connectivity index (χ4n) is 2.66. The molecule has 1 amide bonds.